The Morgan fingerprint density at radius 2 is 2.06 bits per heavy atom. The Hall–Kier alpha value is -0.610. The van der Waals surface area contributed by atoms with Crippen molar-refractivity contribution >= 4 is 5.91 Å². The van der Waals surface area contributed by atoms with Gasteiger partial charge in [0.15, 0.2) is 0 Å². The summed E-state index contributed by atoms with van der Waals surface area (Å²) in [7, 11) is 0. The van der Waals surface area contributed by atoms with Gasteiger partial charge >= 0.3 is 0 Å². The number of rotatable bonds is 6. The smallest absolute Gasteiger partial charge is 0.222 e. The lowest BCUT2D eigenvalue weighted by molar-refractivity contribution is -0.122. The summed E-state index contributed by atoms with van der Waals surface area (Å²) in [5, 5.41) is 12.3. The van der Waals surface area contributed by atoms with Crippen LogP contribution in [0.1, 0.15) is 39.0 Å². The van der Waals surface area contributed by atoms with Gasteiger partial charge in [0.2, 0.25) is 5.91 Å². The van der Waals surface area contributed by atoms with E-state index < -0.39 is 0 Å². The summed E-state index contributed by atoms with van der Waals surface area (Å²) in [6, 6.07) is 0. The minimum absolute atomic E-state index is 0.0690. The van der Waals surface area contributed by atoms with Crippen molar-refractivity contribution in [3.63, 3.8) is 0 Å². The van der Waals surface area contributed by atoms with E-state index in [1.54, 1.807) is 0 Å². The molecule has 0 bridgehead atoms. The number of ether oxygens (including phenoxy) is 1. The molecule has 0 atom stereocenters. The first-order chi connectivity index (χ1) is 7.72. The molecule has 2 N–H and O–H groups in total. The van der Waals surface area contributed by atoms with Crippen LogP contribution >= 0.6 is 0 Å². The van der Waals surface area contributed by atoms with E-state index in [1.807, 2.05) is 6.92 Å². The number of nitrogens with one attached hydrogen (secondary N) is 1. The molecular formula is C12H23NO3. The Morgan fingerprint density at radius 3 is 2.69 bits per heavy atom. The van der Waals surface area contributed by atoms with E-state index in [0.717, 1.165) is 32.2 Å². The van der Waals surface area contributed by atoms with Gasteiger partial charge in [-0.05, 0) is 38.5 Å². The van der Waals surface area contributed by atoms with Crippen LogP contribution in [0.5, 0.6) is 0 Å². The lowest BCUT2D eigenvalue weighted by Crippen LogP contribution is -2.32. The second-order valence-corrected chi connectivity index (χ2v) is 4.43. The molecule has 1 aliphatic carbocycles. The van der Waals surface area contributed by atoms with Crippen LogP contribution in [0.25, 0.3) is 0 Å². The fourth-order valence-corrected chi connectivity index (χ4v) is 2.00. The molecule has 1 amide bonds. The summed E-state index contributed by atoms with van der Waals surface area (Å²) >= 11 is 0. The highest BCUT2D eigenvalue weighted by Crippen LogP contribution is 2.23. The van der Waals surface area contributed by atoms with E-state index in [9.17, 15) is 9.90 Å². The molecule has 1 fully saturated rings. The SMILES string of the molecule is CCOCCC(=O)NCC1CCC(O)CC1. The minimum atomic E-state index is -0.120. The first kappa shape index (κ1) is 13.5. The van der Waals surface area contributed by atoms with Crippen molar-refractivity contribution < 1.29 is 14.6 Å². The van der Waals surface area contributed by atoms with Crippen molar-refractivity contribution in [1.29, 1.82) is 0 Å². The number of aliphatic hydroxyl groups excluding tert-OH is 1. The normalized spacial score (nSPS) is 25.4. The molecule has 0 saturated heterocycles. The molecule has 0 spiro atoms. The van der Waals surface area contributed by atoms with Gasteiger partial charge in [0.05, 0.1) is 12.7 Å². The average Bonchev–Trinajstić information content (AvgIpc) is 2.29. The zero-order valence-corrected chi connectivity index (χ0v) is 10.1. The third-order valence-corrected chi connectivity index (χ3v) is 3.08. The van der Waals surface area contributed by atoms with Crippen LogP contribution in [-0.2, 0) is 9.53 Å². The van der Waals surface area contributed by atoms with Gasteiger partial charge in [-0.25, -0.2) is 0 Å². The van der Waals surface area contributed by atoms with Gasteiger partial charge in [0.25, 0.3) is 0 Å². The molecule has 0 heterocycles. The Labute approximate surface area is 97.4 Å². The minimum Gasteiger partial charge on any atom is -0.393 e. The average molecular weight is 229 g/mol. The van der Waals surface area contributed by atoms with Crippen molar-refractivity contribution in [2.45, 2.75) is 45.1 Å². The lowest BCUT2D eigenvalue weighted by Gasteiger charge is -2.25. The molecule has 4 nitrogen and oxygen atoms in total. The van der Waals surface area contributed by atoms with Gasteiger partial charge in [-0.15, -0.1) is 0 Å². The zero-order valence-electron chi connectivity index (χ0n) is 10.1. The third kappa shape index (κ3) is 5.47. The molecule has 1 rings (SSSR count). The molecule has 0 aliphatic heterocycles. The number of hydrogen-bond acceptors (Lipinski definition) is 3. The van der Waals surface area contributed by atoms with E-state index in [-0.39, 0.29) is 12.0 Å². The molecule has 16 heavy (non-hydrogen) atoms. The first-order valence-electron chi connectivity index (χ1n) is 6.25. The third-order valence-electron chi connectivity index (χ3n) is 3.08. The van der Waals surface area contributed by atoms with E-state index in [2.05, 4.69) is 5.32 Å². The van der Waals surface area contributed by atoms with Gasteiger partial charge in [-0.3, -0.25) is 4.79 Å². The summed E-state index contributed by atoms with van der Waals surface area (Å²) in [5.74, 6) is 0.610. The van der Waals surface area contributed by atoms with Crippen LogP contribution in [0.4, 0.5) is 0 Å². The van der Waals surface area contributed by atoms with Gasteiger partial charge in [-0.1, -0.05) is 0 Å². The number of carbonyl (C=O) groups excluding carboxylic acids is 1. The highest BCUT2D eigenvalue weighted by molar-refractivity contribution is 5.75. The second-order valence-electron chi connectivity index (χ2n) is 4.43. The molecule has 0 unspecified atom stereocenters. The first-order valence-corrected chi connectivity index (χ1v) is 6.25. The second kappa shape index (κ2) is 7.63. The fourth-order valence-electron chi connectivity index (χ4n) is 2.00. The Morgan fingerprint density at radius 1 is 1.38 bits per heavy atom. The van der Waals surface area contributed by atoms with Gasteiger partial charge < -0.3 is 15.2 Å². The van der Waals surface area contributed by atoms with Crippen molar-refractivity contribution in [3.8, 4) is 0 Å². The standard InChI is InChI=1S/C12H23NO3/c1-2-16-8-7-12(15)13-9-10-3-5-11(14)6-4-10/h10-11,14H,2-9H2,1H3,(H,13,15). The summed E-state index contributed by atoms with van der Waals surface area (Å²) in [4.78, 5) is 11.4. The molecule has 1 saturated carbocycles. The molecular weight excluding hydrogens is 206 g/mol. The van der Waals surface area contributed by atoms with E-state index in [0.29, 0.717) is 25.6 Å². The molecule has 0 radical (unpaired) electrons. The molecule has 4 heteroatoms. The zero-order chi connectivity index (χ0) is 11.8. The van der Waals surface area contributed by atoms with E-state index in [4.69, 9.17) is 4.74 Å². The van der Waals surface area contributed by atoms with Crippen LogP contribution in [0.3, 0.4) is 0 Å². The van der Waals surface area contributed by atoms with Gasteiger partial charge in [-0.2, -0.15) is 0 Å². The number of hydrogen-bond donors (Lipinski definition) is 2. The van der Waals surface area contributed by atoms with Crippen LogP contribution < -0.4 is 5.32 Å². The molecule has 94 valence electrons. The summed E-state index contributed by atoms with van der Waals surface area (Å²) in [5.41, 5.74) is 0. The predicted octanol–water partition coefficient (Wildman–Crippen LogP) is 1.08. The summed E-state index contributed by atoms with van der Waals surface area (Å²) in [6.07, 6.45) is 4.12. The largest absolute Gasteiger partial charge is 0.393 e. The van der Waals surface area contributed by atoms with Gasteiger partial charge in [0, 0.05) is 19.6 Å². The molecule has 0 aromatic carbocycles. The Kier molecular flexibility index (Phi) is 6.42. The Bertz CT molecular complexity index is 200. The Balaban J connectivity index is 2.03. The van der Waals surface area contributed by atoms with Crippen LogP contribution in [0.15, 0.2) is 0 Å². The fraction of sp³-hybridized carbons (Fsp3) is 0.917. The topological polar surface area (TPSA) is 58.6 Å². The van der Waals surface area contributed by atoms with Crippen molar-refractivity contribution in [1.82, 2.24) is 5.32 Å². The van der Waals surface area contributed by atoms with E-state index >= 15 is 0 Å². The maximum Gasteiger partial charge on any atom is 0.222 e. The maximum absolute atomic E-state index is 11.4. The van der Waals surface area contributed by atoms with E-state index in [1.165, 1.54) is 0 Å². The number of carbonyl (C=O) groups is 1. The molecule has 0 aromatic rings. The van der Waals surface area contributed by atoms with Crippen molar-refractivity contribution in [2.24, 2.45) is 5.92 Å². The monoisotopic (exact) mass is 229 g/mol. The van der Waals surface area contributed by atoms with Crippen molar-refractivity contribution in [3.05, 3.63) is 0 Å². The highest BCUT2D eigenvalue weighted by atomic mass is 16.5. The van der Waals surface area contributed by atoms with Crippen LogP contribution in [0.2, 0.25) is 0 Å². The van der Waals surface area contributed by atoms with Crippen molar-refractivity contribution in [2.75, 3.05) is 19.8 Å². The van der Waals surface area contributed by atoms with Crippen LogP contribution in [-0.4, -0.2) is 36.9 Å². The molecule has 1 aliphatic rings. The summed E-state index contributed by atoms with van der Waals surface area (Å²) < 4.78 is 5.12. The number of aliphatic hydroxyl groups is 1. The van der Waals surface area contributed by atoms with Crippen LogP contribution in [0, 0.1) is 5.92 Å². The highest BCUT2D eigenvalue weighted by Gasteiger charge is 2.19. The quantitative estimate of drug-likeness (QED) is 0.670. The molecule has 0 aromatic heterocycles. The summed E-state index contributed by atoms with van der Waals surface area (Å²) in [6.45, 7) is 3.84. The maximum atomic E-state index is 11.4. The number of amides is 1. The lowest BCUT2D eigenvalue weighted by atomic mass is 9.87. The predicted molar refractivity (Wildman–Crippen MR) is 62.1 cm³/mol. The van der Waals surface area contributed by atoms with Gasteiger partial charge in [0.1, 0.15) is 0 Å².